The summed E-state index contributed by atoms with van der Waals surface area (Å²) < 4.78 is 15.2. The molecule has 0 spiro atoms. The van der Waals surface area contributed by atoms with Crippen LogP contribution in [-0.2, 0) is 27.3 Å². The number of hydrogen-bond acceptors (Lipinski definition) is 6. The second-order valence-corrected chi connectivity index (χ2v) is 5.53. The van der Waals surface area contributed by atoms with Crippen LogP contribution in [0.3, 0.4) is 0 Å². The summed E-state index contributed by atoms with van der Waals surface area (Å²) in [5, 5.41) is 2.37. The van der Waals surface area contributed by atoms with Crippen molar-refractivity contribution in [2.75, 3.05) is 7.11 Å². The third kappa shape index (κ3) is 5.10. The smallest absolute Gasteiger partial charge is 0.341 e. The Hall–Kier alpha value is -3.29. The minimum atomic E-state index is -0.939. The van der Waals surface area contributed by atoms with Crippen molar-refractivity contribution in [1.82, 2.24) is 5.32 Å². The van der Waals surface area contributed by atoms with Crippen molar-refractivity contribution >= 4 is 18.0 Å². The number of rotatable bonds is 7. The molecule has 3 N–H and O–H groups in total. The Balaban J connectivity index is 2.02. The molecule has 0 aliphatic heterocycles. The van der Waals surface area contributed by atoms with Crippen LogP contribution in [0, 0.1) is 6.92 Å². The average molecular weight is 360 g/mol. The number of nitrogens with one attached hydrogen (secondary N) is 1. The molecule has 1 aromatic carbocycles. The van der Waals surface area contributed by atoms with Crippen molar-refractivity contribution in [3.05, 3.63) is 59.0 Å². The Kier molecular flexibility index (Phi) is 6.37. The second-order valence-electron chi connectivity index (χ2n) is 5.53. The summed E-state index contributed by atoms with van der Waals surface area (Å²) in [6.45, 7) is 1.41. The molecule has 8 heteroatoms. The van der Waals surface area contributed by atoms with Crippen LogP contribution in [0.1, 0.15) is 27.4 Å². The molecule has 0 aliphatic carbocycles. The third-order valence-corrected chi connectivity index (χ3v) is 3.61. The van der Waals surface area contributed by atoms with Gasteiger partial charge in [-0.25, -0.2) is 14.4 Å². The zero-order valence-corrected chi connectivity index (χ0v) is 14.5. The standard InChI is InChI=1S/C18H20N2O6/c1-11-14(16(21)24-2)9-13(26-11)10-25-17(22)15(20-18(19)23)8-12-6-4-3-5-7-12/h3-7,9,15H,8,10H2,1-2H3,(H3,19,20,23)/t15-/m0/s1. The van der Waals surface area contributed by atoms with Crippen molar-refractivity contribution in [1.29, 1.82) is 0 Å². The van der Waals surface area contributed by atoms with E-state index in [9.17, 15) is 14.4 Å². The van der Waals surface area contributed by atoms with Crippen LogP contribution in [0.2, 0.25) is 0 Å². The molecule has 1 atom stereocenters. The zero-order valence-electron chi connectivity index (χ0n) is 14.5. The highest BCUT2D eigenvalue weighted by molar-refractivity contribution is 5.90. The number of primary amides is 1. The molecule has 1 heterocycles. The topological polar surface area (TPSA) is 121 Å². The maximum atomic E-state index is 12.3. The average Bonchev–Trinajstić information content (AvgIpc) is 2.99. The number of aryl methyl sites for hydroxylation is 1. The molecular weight excluding hydrogens is 340 g/mol. The van der Waals surface area contributed by atoms with E-state index >= 15 is 0 Å². The van der Waals surface area contributed by atoms with Gasteiger partial charge in [0.2, 0.25) is 0 Å². The first-order chi connectivity index (χ1) is 12.4. The molecule has 0 aliphatic rings. The molecule has 0 bridgehead atoms. The Morgan fingerprint density at radius 1 is 1.23 bits per heavy atom. The molecule has 0 radical (unpaired) electrons. The number of carbonyl (C=O) groups excluding carboxylic acids is 3. The van der Waals surface area contributed by atoms with E-state index in [1.165, 1.54) is 13.2 Å². The van der Waals surface area contributed by atoms with Crippen LogP contribution in [0.5, 0.6) is 0 Å². The zero-order chi connectivity index (χ0) is 19.1. The van der Waals surface area contributed by atoms with E-state index in [1.54, 1.807) is 6.92 Å². The van der Waals surface area contributed by atoms with E-state index in [4.69, 9.17) is 14.9 Å². The highest BCUT2D eigenvalue weighted by Crippen LogP contribution is 2.17. The monoisotopic (exact) mass is 360 g/mol. The number of hydrogen-bond donors (Lipinski definition) is 2. The first-order valence-corrected chi connectivity index (χ1v) is 7.85. The number of methoxy groups -OCH3 is 1. The number of carbonyl (C=O) groups is 3. The van der Waals surface area contributed by atoms with E-state index in [2.05, 4.69) is 10.1 Å². The van der Waals surface area contributed by atoms with Crippen molar-refractivity contribution < 1.29 is 28.3 Å². The first kappa shape index (κ1) is 19.0. The molecule has 26 heavy (non-hydrogen) atoms. The van der Waals surface area contributed by atoms with Crippen LogP contribution in [0.4, 0.5) is 4.79 Å². The minimum absolute atomic E-state index is 0.192. The van der Waals surface area contributed by atoms with E-state index in [0.29, 0.717) is 5.76 Å². The Morgan fingerprint density at radius 2 is 1.92 bits per heavy atom. The lowest BCUT2D eigenvalue weighted by Gasteiger charge is -2.16. The summed E-state index contributed by atoms with van der Waals surface area (Å²) in [6.07, 6.45) is 0.229. The number of furan rings is 1. The van der Waals surface area contributed by atoms with Gasteiger partial charge in [-0.05, 0) is 18.6 Å². The van der Waals surface area contributed by atoms with Gasteiger partial charge in [-0.1, -0.05) is 30.3 Å². The number of urea groups is 1. The van der Waals surface area contributed by atoms with Gasteiger partial charge < -0.3 is 24.9 Å². The summed E-state index contributed by atoms with van der Waals surface area (Å²) in [5.74, 6) is -0.560. The molecule has 2 aromatic rings. The molecule has 8 nitrogen and oxygen atoms in total. The molecule has 0 unspecified atom stereocenters. The molecule has 138 valence electrons. The van der Waals surface area contributed by atoms with Gasteiger partial charge in [0.05, 0.1) is 7.11 Å². The normalized spacial score (nSPS) is 11.5. The van der Waals surface area contributed by atoms with Crippen LogP contribution in [0.25, 0.3) is 0 Å². The lowest BCUT2D eigenvalue weighted by Crippen LogP contribution is -2.45. The van der Waals surface area contributed by atoms with Gasteiger partial charge >= 0.3 is 18.0 Å². The van der Waals surface area contributed by atoms with E-state index < -0.39 is 24.0 Å². The van der Waals surface area contributed by atoms with Gasteiger partial charge in [-0.15, -0.1) is 0 Å². The highest BCUT2D eigenvalue weighted by atomic mass is 16.5. The van der Waals surface area contributed by atoms with Gasteiger partial charge in [0, 0.05) is 6.42 Å². The predicted molar refractivity (Wildman–Crippen MR) is 91.2 cm³/mol. The van der Waals surface area contributed by atoms with Crippen molar-refractivity contribution in [3.8, 4) is 0 Å². The summed E-state index contributed by atoms with van der Waals surface area (Å²) in [6, 6.07) is 8.81. The van der Waals surface area contributed by atoms with Crippen LogP contribution in [0.15, 0.2) is 40.8 Å². The van der Waals surface area contributed by atoms with Crippen molar-refractivity contribution in [2.24, 2.45) is 5.73 Å². The van der Waals surface area contributed by atoms with Crippen molar-refractivity contribution in [3.63, 3.8) is 0 Å². The third-order valence-electron chi connectivity index (χ3n) is 3.61. The number of ether oxygens (including phenoxy) is 2. The van der Waals surface area contributed by atoms with Crippen LogP contribution < -0.4 is 11.1 Å². The maximum absolute atomic E-state index is 12.3. The van der Waals surface area contributed by atoms with E-state index in [1.807, 2.05) is 30.3 Å². The lowest BCUT2D eigenvalue weighted by atomic mass is 10.1. The molecule has 1 aromatic heterocycles. The molecule has 0 fully saturated rings. The largest absolute Gasteiger partial charge is 0.465 e. The second kappa shape index (κ2) is 8.70. The summed E-state index contributed by atoms with van der Waals surface area (Å²) in [4.78, 5) is 35.0. The summed E-state index contributed by atoms with van der Waals surface area (Å²) >= 11 is 0. The number of benzene rings is 1. The van der Waals surface area contributed by atoms with Gasteiger partial charge in [0.15, 0.2) is 0 Å². The fraction of sp³-hybridized carbons (Fsp3) is 0.278. The Labute approximate surface area is 150 Å². The van der Waals surface area contributed by atoms with Crippen molar-refractivity contribution in [2.45, 2.75) is 26.0 Å². The quantitative estimate of drug-likeness (QED) is 0.725. The van der Waals surface area contributed by atoms with Gasteiger partial charge in [0.1, 0.15) is 29.7 Å². The summed E-state index contributed by atoms with van der Waals surface area (Å²) in [5.41, 5.74) is 6.23. The Bertz CT molecular complexity index is 784. The minimum Gasteiger partial charge on any atom is -0.465 e. The molecule has 2 rings (SSSR count). The molecule has 0 saturated carbocycles. The van der Waals surface area contributed by atoms with Gasteiger partial charge in [0.25, 0.3) is 0 Å². The Morgan fingerprint density at radius 3 is 2.54 bits per heavy atom. The SMILES string of the molecule is COC(=O)c1cc(COC(=O)[C@H](Cc2ccccc2)NC(N)=O)oc1C. The fourth-order valence-electron chi connectivity index (χ4n) is 2.39. The molecule has 0 saturated heterocycles. The highest BCUT2D eigenvalue weighted by Gasteiger charge is 2.23. The molecular formula is C18H20N2O6. The number of esters is 2. The fourth-order valence-corrected chi connectivity index (χ4v) is 2.39. The number of nitrogens with two attached hydrogens (primary N) is 1. The van der Waals surface area contributed by atoms with Crippen LogP contribution in [-0.4, -0.2) is 31.1 Å². The lowest BCUT2D eigenvalue weighted by molar-refractivity contribution is -0.147. The van der Waals surface area contributed by atoms with E-state index in [-0.39, 0.29) is 24.4 Å². The van der Waals surface area contributed by atoms with Crippen LogP contribution >= 0.6 is 0 Å². The number of amides is 2. The molecule has 2 amide bonds. The van der Waals surface area contributed by atoms with Gasteiger partial charge in [-0.3, -0.25) is 0 Å². The predicted octanol–water partition coefficient (Wildman–Crippen LogP) is 1.70. The first-order valence-electron chi connectivity index (χ1n) is 7.85. The van der Waals surface area contributed by atoms with Gasteiger partial charge in [-0.2, -0.15) is 0 Å². The maximum Gasteiger partial charge on any atom is 0.341 e. The summed E-state index contributed by atoms with van der Waals surface area (Å²) in [7, 11) is 1.26. The van der Waals surface area contributed by atoms with E-state index in [0.717, 1.165) is 5.56 Å².